The number of aromatic nitrogens is 2. The van der Waals surface area contributed by atoms with Gasteiger partial charge >= 0.3 is 0 Å². The minimum atomic E-state index is -0.421. The number of aliphatic hydroxyl groups excluding tert-OH is 1. The van der Waals surface area contributed by atoms with Gasteiger partial charge in [0, 0.05) is 30.1 Å². The molecule has 2 N–H and O–H groups in total. The normalized spacial score (nSPS) is 16.2. The molecule has 7 nitrogen and oxygen atoms in total. The van der Waals surface area contributed by atoms with Crippen LogP contribution < -0.4 is 5.32 Å². The van der Waals surface area contributed by atoms with E-state index in [0.717, 1.165) is 33.7 Å². The van der Waals surface area contributed by atoms with Crippen molar-refractivity contribution in [3.8, 4) is 10.6 Å². The van der Waals surface area contributed by atoms with Crippen LogP contribution in [0.5, 0.6) is 0 Å². The van der Waals surface area contributed by atoms with Crippen molar-refractivity contribution in [2.75, 3.05) is 18.5 Å². The van der Waals surface area contributed by atoms with Crippen molar-refractivity contribution in [3.63, 3.8) is 0 Å². The molecule has 1 aliphatic heterocycles. The quantitative estimate of drug-likeness (QED) is 0.750. The van der Waals surface area contributed by atoms with Crippen LogP contribution in [0, 0.1) is 6.92 Å². The molecular weight excluding hydrogens is 352 g/mol. The summed E-state index contributed by atoms with van der Waals surface area (Å²) in [6.07, 6.45) is 3.27. The van der Waals surface area contributed by atoms with Crippen molar-refractivity contribution in [2.45, 2.75) is 39.3 Å². The first-order valence-electron chi connectivity index (χ1n) is 8.55. The van der Waals surface area contributed by atoms with Gasteiger partial charge in [0.05, 0.1) is 28.8 Å². The Morgan fingerprint density at radius 2 is 2.23 bits per heavy atom. The number of hydrogen-bond acceptors (Lipinski definition) is 7. The monoisotopic (exact) mass is 374 g/mol. The number of aryl methyl sites for hydroxylation is 1. The van der Waals surface area contributed by atoms with Gasteiger partial charge in [-0.1, -0.05) is 0 Å². The van der Waals surface area contributed by atoms with Crippen LogP contribution in [0.2, 0.25) is 0 Å². The summed E-state index contributed by atoms with van der Waals surface area (Å²) in [7, 11) is 0. The summed E-state index contributed by atoms with van der Waals surface area (Å²) in [5.74, 6) is 0.341. The summed E-state index contributed by atoms with van der Waals surface area (Å²) in [4.78, 5) is 36.1. The molecule has 0 saturated heterocycles. The zero-order valence-electron chi connectivity index (χ0n) is 15.0. The summed E-state index contributed by atoms with van der Waals surface area (Å²) in [6.45, 7) is 6.04. The van der Waals surface area contributed by atoms with Crippen LogP contribution in [0.25, 0.3) is 10.6 Å². The Morgan fingerprint density at radius 3 is 2.92 bits per heavy atom. The van der Waals surface area contributed by atoms with Crippen LogP contribution in [0.15, 0.2) is 12.3 Å². The maximum atomic E-state index is 12.7. The van der Waals surface area contributed by atoms with Gasteiger partial charge in [-0.2, -0.15) is 0 Å². The summed E-state index contributed by atoms with van der Waals surface area (Å²) >= 11 is 1.56. The Balaban J connectivity index is 1.94. The van der Waals surface area contributed by atoms with Crippen LogP contribution in [0.4, 0.5) is 5.95 Å². The third kappa shape index (κ3) is 3.47. The van der Waals surface area contributed by atoms with E-state index in [-0.39, 0.29) is 18.6 Å². The molecule has 8 heteroatoms. The largest absolute Gasteiger partial charge is 0.394 e. The number of nitrogens with one attached hydrogen (secondary N) is 1. The lowest BCUT2D eigenvalue weighted by Gasteiger charge is -2.29. The standard InChI is InChI=1S/C18H22N4O3S/c1-10-7-19-18(20-11(2)8-23)21-16(10)15-6-13-14(26-15)4-5-22(17(13)25)12(3)9-24/h6-7,9,11-12,23H,4-5,8H2,1-3H3,(H,19,20,21). The van der Waals surface area contributed by atoms with Crippen LogP contribution >= 0.6 is 11.3 Å². The second kappa shape index (κ2) is 7.51. The van der Waals surface area contributed by atoms with Crippen molar-refractivity contribution in [2.24, 2.45) is 0 Å². The molecule has 0 bridgehead atoms. The molecule has 138 valence electrons. The summed E-state index contributed by atoms with van der Waals surface area (Å²) in [5, 5.41) is 12.2. The van der Waals surface area contributed by atoms with E-state index < -0.39 is 6.04 Å². The molecule has 3 rings (SSSR count). The summed E-state index contributed by atoms with van der Waals surface area (Å²) in [5.41, 5.74) is 2.34. The number of nitrogens with zero attached hydrogens (tertiary/aromatic N) is 3. The van der Waals surface area contributed by atoms with E-state index in [1.165, 1.54) is 0 Å². The highest BCUT2D eigenvalue weighted by atomic mass is 32.1. The third-order valence-electron chi connectivity index (χ3n) is 4.42. The average Bonchev–Trinajstić information content (AvgIpc) is 3.08. The third-order valence-corrected chi connectivity index (χ3v) is 5.62. The lowest BCUT2D eigenvalue weighted by Crippen LogP contribution is -2.43. The van der Waals surface area contributed by atoms with Crippen molar-refractivity contribution in [1.29, 1.82) is 0 Å². The summed E-state index contributed by atoms with van der Waals surface area (Å²) in [6, 6.07) is 1.29. The number of carbonyl (C=O) groups is 2. The number of amides is 1. The van der Waals surface area contributed by atoms with Crippen molar-refractivity contribution >= 4 is 29.5 Å². The number of aliphatic hydroxyl groups is 1. The van der Waals surface area contributed by atoms with Crippen molar-refractivity contribution in [1.82, 2.24) is 14.9 Å². The van der Waals surface area contributed by atoms with E-state index in [9.17, 15) is 14.7 Å². The van der Waals surface area contributed by atoms with Gasteiger partial charge < -0.3 is 20.1 Å². The second-order valence-electron chi connectivity index (χ2n) is 6.53. The van der Waals surface area contributed by atoms with Gasteiger partial charge in [0.2, 0.25) is 5.95 Å². The molecule has 0 aliphatic carbocycles. The molecule has 0 fully saturated rings. The van der Waals surface area contributed by atoms with Gasteiger partial charge in [0.25, 0.3) is 5.91 Å². The van der Waals surface area contributed by atoms with Crippen molar-refractivity contribution < 1.29 is 14.7 Å². The number of anilines is 1. The minimum absolute atomic E-state index is 0.0148. The number of fused-ring (bicyclic) bond motifs is 1. The number of carbonyl (C=O) groups excluding carboxylic acids is 2. The highest BCUT2D eigenvalue weighted by molar-refractivity contribution is 7.15. The number of thiophene rings is 1. The molecule has 3 heterocycles. The fourth-order valence-electron chi connectivity index (χ4n) is 2.88. The first-order valence-corrected chi connectivity index (χ1v) is 9.36. The molecule has 2 atom stereocenters. The van der Waals surface area contributed by atoms with E-state index in [4.69, 9.17) is 0 Å². The average molecular weight is 374 g/mol. The lowest BCUT2D eigenvalue weighted by atomic mass is 10.1. The van der Waals surface area contributed by atoms with Gasteiger partial charge in [0.15, 0.2) is 0 Å². The Hall–Kier alpha value is -2.32. The molecule has 2 aromatic heterocycles. The molecule has 1 aliphatic rings. The zero-order valence-corrected chi connectivity index (χ0v) is 15.8. The van der Waals surface area contributed by atoms with Gasteiger partial charge in [-0.05, 0) is 32.4 Å². The zero-order chi connectivity index (χ0) is 18.8. The molecule has 0 spiro atoms. The maximum Gasteiger partial charge on any atom is 0.255 e. The first-order chi connectivity index (χ1) is 12.4. The molecule has 26 heavy (non-hydrogen) atoms. The minimum Gasteiger partial charge on any atom is -0.394 e. The molecular formula is C18H22N4O3S. The van der Waals surface area contributed by atoms with Gasteiger partial charge in [-0.3, -0.25) is 4.79 Å². The van der Waals surface area contributed by atoms with E-state index in [1.54, 1.807) is 29.4 Å². The Morgan fingerprint density at radius 1 is 1.46 bits per heavy atom. The molecule has 2 unspecified atom stereocenters. The molecule has 2 aromatic rings. The highest BCUT2D eigenvalue weighted by Crippen LogP contribution is 2.35. The summed E-state index contributed by atoms with van der Waals surface area (Å²) < 4.78 is 0. The predicted molar refractivity (Wildman–Crippen MR) is 101 cm³/mol. The fraction of sp³-hybridized carbons (Fsp3) is 0.444. The highest BCUT2D eigenvalue weighted by Gasteiger charge is 2.30. The first kappa shape index (κ1) is 18.5. The Labute approximate surface area is 156 Å². The fourth-order valence-corrected chi connectivity index (χ4v) is 4.07. The van der Waals surface area contributed by atoms with E-state index in [0.29, 0.717) is 18.1 Å². The Kier molecular flexibility index (Phi) is 5.33. The maximum absolute atomic E-state index is 12.7. The predicted octanol–water partition coefficient (Wildman–Crippen LogP) is 1.89. The smallest absolute Gasteiger partial charge is 0.255 e. The van der Waals surface area contributed by atoms with Crippen LogP contribution in [-0.4, -0.2) is 57.4 Å². The van der Waals surface area contributed by atoms with E-state index in [1.807, 2.05) is 19.9 Å². The SMILES string of the molecule is Cc1cnc(NC(C)CO)nc1-c1cc2c(s1)CCN(C(C)C=O)C2=O. The number of hydrogen-bond donors (Lipinski definition) is 2. The van der Waals surface area contributed by atoms with Gasteiger partial charge in [-0.25, -0.2) is 9.97 Å². The second-order valence-corrected chi connectivity index (χ2v) is 7.66. The number of rotatable bonds is 6. The van der Waals surface area contributed by atoms with Gasteiger partial charge in [-0.15, -0.1) is 11.3 Å². The van der Waals surface area contributed by atoms with E-state index in [2.05, 4.69) is 15.3 Å². The van der Waals surface area contributed by atoms with E-state index >= 15 is 0 Å². The Bertz CT molecular complexity index is 836. The molecule has 0 saturated carbocycles. The topological polar surface area (TPSA) is 95.4 Å². The van der Waals surface area contributed by atoms with Crippen molar-refractivity contribution in [3.05, 3.63) is 28.3 Å². The van der Waals surface area contributed by atoms with Crippen LogP contribution in [0.1, 0.15) is 34.6 Å². The van der Waals surface area contributed by atoms with Gasteiger partial charge in [0.1, 0.15) is 6.29 Å². The lowest BCUT2D eigenvalue weighted by molar-refractivity contribution is -0.111. The molecule has 0 radical (unpaired) electrons. The molecule has 0 aromatic carbocycles. The van der Waals surface area contributed by atoms with Crippen LogP contribution in [0.3, 0.4) is 0 Å². The van der Waals surface area contributed by atoms with Crippen LogP contribution in [-0.2, 0) is 11.2 Å². The number of aldehydes is 1. The molecule has 1 amide bonds.